The molecule has 0 saturated heterocycles. The Labute approximate surface area is 464 Å². The van der Waals surface area contributed by atoms with Gasteiger partial charge in [-0.15, -0.1) is 0 Å². The molecule has 8 aliphatic carbocycles. The second kappa shape index (κ2) is 26.4. The normalized spacial score (nSPS) is 40.5. The number of Topliss-reactive ketones (excluding diaryl/α,β-unsaturated/α-hetero) is 2. The van der Waals surface area contributed by atoms with Gasteiger partial charge in [0.25, 0.3) is 0 Å². The van der Waals surface area contributed by atoms with Crippen LogP contribution in [0.5, 0.6) is 0 Å². The van der Waals surface area contributed by atoms with Gasteiger partial charge in [0.1, 0.15) is 11.6 Å². The molecule has 0 aromatic heterocycles. The van der Waals surface area contributed by atoms with E-state index in [0.717, 1.165) is 76.0 Å². The minimum absolute atomic E-state index is 0. The first-order chi connectivity index (χ1) is 32.7. The molecular formula is C57H93ClI3O10-. The molecule has 0 amide bonds. The third-order valence-corrected chi connectivity index (χ3v) is 20.9. The number of ketones is 2. The molecular weight excluding hydrogens is 1260 g/mol. The van der Waals surface area contributed by atoms with Gasteiger partial charge in [-0.25, -0.2) is 9.59 Å². The predicted octanol–water partition coefficient (Wildman–Crippen LogP) is 13.0. The molecule has 8 saturated carbocycles. The van der Waals surface area contributed by atoms with E-state index in [9.17, 15) is 33.9 Å². The summed E-state index contributed by atoms with van der Waals surface area (Å²) in [5.74, 6) is 4.86. The van der Waals surface area contributed by atoms with E-state index >= 15 is 0 Å². The van der Waals surface area contributed by atoms with Crippen molar-refractivity contribution in [1.29, 1.82) is 0 Å². The van der Waals surface area contributed by atoms with Crippen LogP contribution in [-0.4, -0.2) is 53.4 Å². The van der Waals surface area contributed by atoms with Crippen LogP contribution in [0.2, 0.25) is 0 Å². The SMILES string of the molecule is C.CC(C)COC(=O)Cl.CC(C)COC(=O)OC(=O)[C@@H](C)[C@H]1CC[C@H]2[C@@H]3C(=O)C[C@@H]4C[C@H](C)CC[C@]4(C)[C@H]3CC[C@]12C.C[C@@H]1CC[C@@]2(C)[C@H](CC(=O)[C@@H]3[C@@H]2CC[C@]2(C)[C@@H]([C@H](C)C(=O)O)CC[C@@H]32)C1.I[I-]I. The summed E-state index contributed by atoms with van der Waals surface area (Å²) in [6.45, 7) is 26.5. The van der Waals surface area contributed by atoms with E-state index in [1.54, 1.807) is 0 Å². The first-order valence-corrected chi connectivity index (χ1v) is 40.0. The van der Waals surface area contributed by atoms with Gasteiger partial charge >= 0.3 is 74.0 Å². The van der Waals surface area contributed by atoms with Gasteiger partial charge in [-0.3, -0.25) is 19.2 Å². The monoisotopic (exact) mass is 1350 g/mol. The number of carbonyl (C=O) groups excluding carboxylic acids is 5. The van der Waals surface area contributed by atoms with Crippen LogP contribution in [0.25, 0.3) is 0 Å². The zero-order valence-electron chi connectivity index (χ0n) is 44.6. The van der Waals surface area contributed by atoms with Gasteiger partial charge < -0.3 is 19.3 Å². The third kappa shape index (κ3) is 13.9. The van der Waals surface area contributed by atoms with Crippen molar-refractivity contribution in [2.45, 2.75) is 193 Å². The number of carboxylic acid groups (broad SMARTS) is 1. The Hall–Kier alpha value is -0.300. The van der Waals surface area contributed by atoms with E-state index in [-0.39, 0.29) is 71.7 Å². The van der Waals surface area contributed by atoms with E-state index in [4.69, 9.17) is 21.1 Å². The summed E-state index contributed by atoms with van der Waals surface area (Å²) in [6.07, 6.45) is 16.6. The number of hydrogen-bond acceptors (Lipinski definition) is 9. The van der Waals surface area contributed by atoms with Gasteiger partial charge in [0.15, 0.2) is 0 Å². The van der Waals surface area contributed by atoms with Gasteiger partial charge in [0.05, 0.1) is 25.0 Å². The van der Waals surface area contributed by atoms with Crippen molar-refractivity contribution in [3.8, 4) is 0 Å². The van der Waals surface area contributed by atoms with E-state index in [1.807, 2.05) is 41.5 Å². The average Bonchev–Trinajstić information content (AvgIpc) is 3.82. The number of carboxylic acids is 1. The number of aliphatic carboxylic acids is 1. The molecule has 10 nitrogen and oxygen atoms in total. The molecule has 8 fully saturated rings. The Morgan fingerprint density at radius 2 is 0.986 bits per heavy atom. The zero-order valence-corrected chi connectivity index (χ0v) is 51.8. The van der Waals surface area contributed by atoms with Gasteiger partial charge in [-0.05, 0) is 170 Å². The summed E-state index contributed by atoms with van der Waals surface area (Å²) in [5.41, 5.74) is -0.112. The van der Waals surface area contributed by atoms with Crippen LogP contribution in [0.4, 0.5) is 9.59 Å². The number of esters is 1. The summed E-state index contributed by atoms with van der Waals surface area (Å²) >= 11 is 10.2. The Morgan fingerprint density at radius 3 is 1.35 bits per heavy atom. The molecule has 8 aliphatic rings. The molecule has 1 N–H and O–H groups in total. The van der Waals surface area contributed by atoms with Gasteiger partial charge in [-0.1, -0.05) is 103 Å². The van der Waals surface area contributed by atoms with Crippen LogP contribution in [-0.2, 0) is 33.4 Å². The van der Waals surface area contributed by atoms with Crippen LogP contribution in [0.3, 0.4) is 0 Å². The van der Waals surface area contributed by atoms with Crippen molar-refractivity contribution in [3.63, 3.8) is 0 Å². The van der Waals surface area contributed by atoms with E-state index in [1.165, 1.54) is 38.5 Å². The Kier molecular flexibility index (Phi) is 23.5. The Bertz CT molecular complexity index is 1860. The fourth-order valence-corrected chi connectivity index (χ4v) is 17.1. The second-order valence-electron chi connectivity index (χ2n) is 25.7. The number of carbonyl (C=O) groups is 6. The molecule has 0 bridgehead atoms. The number of halogens is 4. The fourth-order valence-electron chi connectivity index (χ4n) is 17.0. The van der Waals surface area contributed by atoms with E-state index in [0.29, 0.717) is 78.3 Å². The van der Waals surface area contributed by atoms with E-state index < -0.39 is 23.5 Å². The van der Waals surface area contributed by atoms with Crippen LogP contribution >= 0.6 is 48.8 Å². The molecule has 0 spiro atoms. The second-order valence-corrected chi connectivity index (χ2v) is 42.3. The van der Waals surface area contributed by atoms with Crippen LogP contribution in [0.1, 0.15) is 193 Å². The fraction of sp³-hybridized carbons (Fsp3) is 0.895. The molecule has 0 aromatic carbocycles. The van der Waals surface area contributed by atoms with Gasteiger partial charge in [0.2, 0.25) is 0 Å². The van der Waals surface area contributed by atoms with Gasteiger partial charge in [-0.2, -0.15) is 0 Å². The Balaban J connectivity index is 0.000000256. The molecule has 410 valence electrons. The summed E-state index contributed by atoms with van der Waals surface area (Å²) in [4.78, 5) is 73.2. The van der Waals surface area contributed by atoms with Crippen molar-refractivity contribution in [1.82, 2.24) is 0 Å². The van der Waals surface area contributed by atoms with Crippen molar-refractivity contribution in [2.75, 3.05) is 13.2 Å². The summed E-state index contributed by atoms with van der Waals surface area (Å²) in [7, 11) is 0. The van der Waals surface area contributed by atoms with Crippen LogP contribution in [0, 0.1) is 116 Å². The van der Waals surface area contributed by atoms with Crippen molar-refractivity contribution >= 4 is 83.9 Å². The zero-order chi connectivity index (χ0) is 52.3. The third-order valence-electron chi connectivity index (χ3n) is 20.8. The number of ether oxygens (including phenoxy) is 3. The molecule has 0 radical (unpaired) electrons. The standard InChI is InChI=1S/C28H44O5.C23H36O3.C5H9ClO2.CH4.I3/c1-16(2)15-32-26(31)33-25(30)18(4)20-7-8-21-24-22(10-12-28(20,21)6)27(5)11-9-17(3)13-19(27)14-23(24)29;1-13-7-9-22(3)15(11-13)12-19(24)20-17-6-5-16(14(2)21(25)26)23(17,4)10-8-18(20)22;1-4(2)3-8-5(6)7;;1-3-2/h16-22,24H,7-15H2,1-6H3;13-18,20H,5-12H2,1-4H3,(H,25,26);4H,3H2,1-2H3;1H4;/q;;;;-1/t17-,18+,19+,20-,21+,22+,24+,27+,28-;13-,14+,15+,16-,17+,18+,20+,22+,23-;;;/m11.../s1. The molecule has 71 heavy (non-hydrogen) atoms. The predicted molar refractivity (Wildman–Crippen MR) is 295 cm³/mol. The first kappa shape index (κ1) is 63.2. The average molecular weight is 1350 g/mol. The maximum atomic E-state index is 13.5. The minimum atomic E-state index is -0.892. The maximum absolute atomic E-state index is 13.5. The summed E-state index contributed by atoms with van der Waals surface area (Å²) in [5, 5.41) is 9.58. The number of fused-ring (bicyclic) bond motifs is 10. The quantitative estimate of drug-likeness (QED) is 0.108. The molecule has 0 aromatic rings. The Morgan fingerprint density at radius 1 is 0.620 bits per heavy atom. The molecule has 8 rings (SSSR count). The van der Waals surface area contributed by atoms with Crippen LogP contribution < -0.4 is 13.3 Å². The molecule has 0 heterocycles. The van der Waals surface area contributed by atoms with Crippen molar-refractivity contribution < 1.29 is 61.3 Å². The molecule has 14 heteroatoms. The molecule has 0 aliphatic heterocycles. The molecule has 0 unspecified atom stereocenters. The van der Waals surface area contributed by atoms with Crippen LogP contribution in [0.15, 0.2) is 0 Å². The summed E-state index contributed by atoms with van der Waals surface area (Å²) < 4.78 is 14.5. The number of rotatable bonds is 8. The van der Waals surface area contributed by atoms with Crippen molar-refractivity contribution in [3.05, 3.63) is 0 Å². The first-order valence-electron chi connectivity index (χ1n) is 27.1. The van der Waals surface area contributed by atoms with Gasteiger partial charge in [0, 0.05) is 36.3 Å². The van der Waals surface area contributed by atoms with Crippen molar-refractivity contribution in [2.24, 2.45) is 116 Å². The topological polar surface area (TPSA) is 150 Å². The van der Waals surface area contributed by atoms with E-state index in [2.05, 4.69) is 83.5 Å². The number of hydrogen-bond donors (Lipinski definition) is 1. The summed E-state index contributed by atoms with van der Waals surface area (Å²) in [6, 6.07) is 0. The molecule has 18 atom stereocenters.